The molecule has 128 valence electrons. The molecule has 1 atom stereocenters. The van der Waals surface area contributed by atoms with Crippen LogP contribution in [0.15, 0.2) is 59.5 Å². The minimum atomic E-state index is -4.63. The van der Waals surface area contributed by atoms with Crippen LogP contribution in [0.3, 0.4) is 0 Å². The van der Waals surface area contributed by atoms with Gasteiger partial charge in [-0.05, 0) is 24.6 Å². The SMILES string of the molecule is Cc1ccc(S(=O)(=O)OC(c2ccccc2)C(F)(F)[N+](=O)[O-])cc1. The third-order valence-electron chi connectivity index (χ3n) is 3.19. The molecule has 1 unspecified atom stereocenters. The van der Waals surface area contributed by atoms with E-state index in [0.717, 1.165) is 17.7 Å². The Morgan fingerprint density at radius 2 is 1.62 bits per heavy atom. The van der Waals surface area contributed by atoms with Crippen LogP contribution in [-0.4, -0.2) is 19.4 Å². The van der Waals surface area contributed by atoms with Crippen molar-refractivity contribution in [1.29, 1.82) is 0 Å². The Bertz CT molecular complexity index is 823. The quantitative estimate of drug-likeness (QED) is 0.343. The van der Waals surface area contributed by atoms with Crippen LogP contribution in [0.5, 0.6) is 0 Å². The summed E-state index contributed by atoms with van der Waals surface area (Å²) < 4.78 is 56.8. The number of rotatable bonds is 6. The second kappa shape index (κ2) is 6.62. The molecule has 0 saturated heterocycles. The van der Waals surface area contributed by atoms with Crippen LogP contribution in [0.4, 0.5) is 8.78 Å². The van der Waals surface area contributed by atoms with Gasteiger partial charge in [0, 0.05) is 0 Å². The minimum absolute atomic E-state index is 0.324. The van der Waals surface area contributed by atoms with Crippen molar-refractivity contribution in [2.24, 2.45) is 0 Å². The third-order valence-corrected chi connectivity index (χ3v) is 4.49. The fraction of sp³-hybridized carbons (Fsp3) is 0.200. The van der Waals surface area contributed by atoms with Crippen molar-refractivity contribution in [3.05, 3.63) is 75.8 Å². The average molecular weight is 357 g/mol. The van der Waals surface area contributed by atoms with E-state index >= 15 is 0 Å². The smallest absolute Gasteiger partial charge is 0.259 e. The van der Waals surface area contributed by atoms with E-state index in [1.54, 1.807) is 6.92 Å². The van der Waals surface area contributed by atoms with Crippen LogP contribution in [0.25, 0.3) is 0 Å². The van der Waals surface area contributed by atoms with Crippen molar-refractivity contribution in [2.75, 3.05) is 0 Å². The highest BCUT2D eigenvalue weighted by atomic mass is 32.2. The molecule has 0 heterocycles. The van der Waals surface area contributed by atoms with Gasteiger partial charge in [0.25, 0.3) is 10.1 Å². The number of hydrogen-bond donors (Lipinski definition) is 0. The van der Waals surface area contributed by atoms with E-state index < -0.39 is 27.2 Å². The number of benzene rings is 2. The van der Waals surface area contributed by atoms with Crippen molar-refractivity contribution in [2.45, 2.75) is 24.0 Å². The van der Waals surface area contributed by atoms with Crippen LogP contribution in [0, 0.1) is 17.0 Å². The molecule has 2 aromatic carbocycles. The summed E-state index contributed by atoms with van der Waals surface area (Å²) in [6.07, 6.45) is -2.58. The molecule has 0 saturated carbocycles. The van der Waals surface area contributed by atoms with Gasteiger partial charge in [-0.15, -0.1) is 8.78 Å². The van der Waals surface area contributed by atoms with Gasteiger partial charge in [-0.1, -0.05) is 48.0 Å². The van der Waals surface area contributed by atoms with Crippen LogP contribution < -0.4 is 0 Å². The van der Waals surface area contributed by atoms with E-state index in [2.05, 4.69) is 4.18 Å². The zero-order chi connectivity index (χ0) is 18.0. The van der Waals surface area contributed by atoms with Gasteiger partial charge >= 0.3 is 6.05 Å². The molecule has 6 nitrogen and oxygen atoms in total. The van der Waals surface area contributed by atoms with Gasteiger partial charge in [0.2, 0.25) is 6.10 Å². The second-order valence-corrected chi connectivity index (χ2v) is 6.57. The molecule has 2 rings (SSSR count). The van der Waals surface area contributed by atoms with Crippen LogP contribution in [0.1, 0.15) is 17.2 Å². The first-order valence-electron chi connectivity index (χ1n) is 6.72. The van der Waals surface area contributed by atoms with Gasteiger partial charge in [0.1, 0.15) is 0 Å². The topological polar surface area (TPSA) is 86.5 Å². The van der Waals surface area contributed by atoms with Crippen molar-refractivity contribution in [1.82, 2.24) is 0 Å². The van der Waals surface area contributed by atoms with E-state index in [1.165, 1.54) is 42.5 Å². The Labute approximate surface area is 137 Å². The minimum Gasteiger partial charge on any atom is -0.259 e. The van der Waals surface area contributed by atoms with Crippen LogP contribution in [0.2, 0.25) is 0 Å². The van der Waals surface area contributed by atoms with Crippen molar-refractivity contribution < 1.29 is 26.3 Å². The summed E-state index contributed by atoms with van der Waals surface area (Å²) in [4.78, 5) is 8.45. The molecule has 0 aliphatic carbocycles. The average Bonchev–Trinajstić information content (AvgIpc) is 2.53. The first-order valence-corrected chi connectivity index (χ1v) is 8.12. The molecule has 0 aromatic heterocycles. The first-order chi connectivity index (χ1) is 11.1. The molecule has 0 aliphatic rings. The number of hydrogen-bond acceptors (Lipinski definition) is 5. The molecule has 0 aliphatic heterocycles. The van der Waals surface area contributed by atoms with Gasteiger partial charge in [-0.25, -0.2) is 4.18 Å². The molecule has 9 heteroatoms. The molecule has 2 aromatic rings. The number of nitrogens with zero attached hydrogens (tertiary/aromatic N) is 1. The monoisotopic (exact) mass is 357 g/mol. The largest absolute Gasteiger partial charge is 0.543 e. The first kappa shape index (κ1) is 18.0. The Balaban J connectivity index is 2.45. The van der Waals surface area contributed by atoms with Crippen molar-refractivity contribution in [3.8, 4) is 0 Å². The van der Waals surface area contributed by atoms with Crippen LogP contribution >= 0.6 is 0 Å². The molecule has 0 fully saturated rings. The summed E-state index contributed by atoms with van der Waals surface area (Å²) in [6, 6.07) is 7.10. The maximum atomic E-state index is 13.9. The molecule has 0 amide bonds. The van der Waals surface area contributed by atoms with Gasteiger partial charge in [0.05, 0.1) is 9.82 Å². The fourth-order valence-corrected chi connectivity index (χ4v) is 2.99. The summed E-state index contributed by atoms with van der Waals surface area (Å²) in [7, 11) is -4.63. The highest BCUT2D eigenvalue weighted by Crippen LogP contribution is 2.37. The van der Waals surface area contributed by atoms with Crippen molar-refractivity contribution >= 4 is 10.1 Å². The second-order valence-electron chi connectivity index (χ2n) is 5.00. The van der Waals surface area contributed by atoms with Gasteiger partial charge in [-0.2, -0.15) is 8.42 Å². The number of alkyl halides is 2. The molecule has 0 radical (unpaired) electrons. The lowest BCUT2D eigenvalue weighted by Gasteiger charge is -2.20. The van der Waals surface area contributed by atoms with Crippen molar-refractivity contribution in [3.63, 3.8) is 0 Å². The van der Waals surface area contributed by atoms with Crippen LogP contribution in [-0.2, 0) is 14.3 Å². The van der Waals surface area contributed by atoms with E-state index in [-0.39, 0.29) is 10.5 Å². The lowest BCUT2D eigenvalue weighted by Crippen LogP contribution is -2.37. The van der Waals surface area contributed by atoms with Gasteiger partial charge in [-0.3, -0.25) is 10.1 Å². The fourth-order valence-electron chi connectivity index (χ4n) is 1.92. The third kappa shape index (κ3) is 3.74. The molecular weight excluding hydrogens is 344 g/mol. The van der Waals surface area contributed by atoms with E-state index in [0.29, 0.717) is 0 Å². The zero-order valence-corrected chi connectivity index (χ0v) is 13.2. The van der Waals surface area contributed by atoms with E-state index in [4.69, 9.17) is 0 Å². The Hall–Kier alpha value is -2.39. The zero-order valence-electron chi connectivity index (χ0n) is 12.4. The van der Waals surface area contributed by atoms with E-state index in [1.807, 2.05) is 0 Å². The van der Waals surface area contributed by atoms with Gasteiger partial charge < -0.3 is 0 Å². The molecule has 0 bridgehead atoms. The summed E-state index contributed by atoms with van der Waals surface area (Å²) in [5.74, 6) is 0. The number of halogens is 2. The normalized spacial score (nSPS) is 13.5. The predicted octanol–water partition coefficient (Wildman–Crippen LogP) is 3.31. The Kier molecular flexibility index (Phi) is 4.95. The summed E-state index contributed by atoms with van der Waals surface area (Å²) in [6.45, 7) is 1.71. The molecular formula is C15H13F2NO5S. The maximum absolute atomic E-state index is 13.9. The summed E-state index contributed by atoms with van der Waals surface area (Å²) in [5, 5.41) is 10.7. The molecule has 0 spiro atoms. The van der Waals surface area contributed by atoms with Gasteiger partial charge in [0.15, 0.2) is 0 Å². The number of nitro groups is 1. The maximum Gasteiger partial charge on any atom is 0.543 e. The Morgan fingerprint density at radius 1 is 1.08 bits per heavy atom. The van der Waals surface area contributed by atoms with E-state index in [9.17, 15) is 27.3 Å². The number of aryl methyl sites for hydroxylation is 1. The Morgan fingerprint density at radius 3 is 2.12 bits per heavy atom. The summed E-state index contributed by atoms with van der Waals surface area (Å²) >= 11 is 0. The lowest BCUT2D eigenvalue weighted by molar-refractivity contribution is -0.657. The predicted molar refractivity (Wildman–Crippen MR) is 80.6 cm³/mol. The highest BCUT2D eigenvalue weighted by molar-refractivity contribution is 7.86. The summed E-state index contributed by atoms with van der Waals surface area (Å²) in [5.41, 5.74) is 0.430. The lowest BCUT2D eigenvalue weighted by atomic mass is 10.1. The standard InChI is InChI=1S/C15H13F2NO5S/c1-11-7-9-13(10-8-11)24(21,22)23-14(15(16,17)18(19)20)12-5-3-2-4-6-12/h2-10,14H,1H3. The molecule has 0 N–H and O–H groups in total. The molecule has 24 heavy (non-hydrogen) atoms. The highest BCUT2D eigenvalue weighted by Gasteiger charge is 2.56.